The first-order valence-electron chi connectivity index (χ1n) is 8.62. The average molecular weight is 428 g/mol. The molecule has 0 fully saturated rings. The summed E-state index contributed by atoms with van der Waals surface area (Å²) in [5.74, 6) is 0.422. The lowest BCUT2D eigenvalue weighted by atomic mass is 10.1. The fraction of sp³-hybridized carbons (Fsp3) is 0.238. The van der Waals surface area contributed by atoms with Crippen molar-refractivity contribution in [3.63, 3.8) is 0 Å². The molecule has 0 bridgehead atoms. The molecule has 2 N–H and O–H groups in total. The van der Waals surface area contributed by atoms with E-state index in [-0.39, 0.29) is 11.5 Å². The van der Waals surface area contributed by atoms with Gasteiger partial charge in [0.1, 0.15) is 17.4 Å². The average Bonchev–Trinajstić information content (AvgIpc) is 2.69. The number of carbonyl (C=O) groups excluding carboxylic acids is 1. The SMILES string of the molecule is COc1ccc(CCNC(=O)/C(C#N)=C\NCCc2ccccc2Br)cc1. The predicted octanol–water partition coefficient (Wildman–Crippen LogP) is 3.36. The molecule has 0 atom stereocenters. The molecule has 27 heavy (non-hydrogen) atoms. The van der Waals surface area contributed by atoms with Crippen molar-refractivity contribution < 1.29 is 9.53 Å². The molecule has 2 aromatic rings. The van der Waals surface area contributed by atoms with E-state index in [1.165, 1.54) is 11.8 Å². The van der Waals surface area contributed by atoms with Crippen molar-refractivity contribution in [2.75, 3.05) is 20.2 Å². The second-order valence-corrected chi connectivity index (χ2v) is 6.67. The molecule has 0 radical (unpaired) electrons. The molecule has 2 rings (SSSR count). The topological polar surface area (TPSA) is 74.1 Å². The van der Waals surface area contributed by atoms with Crippen LogP contribution in [0.25, 0.3) is 0 Å². The molecule has 0 aliphatic carbocycles. The highest BCUT2D eigenvalue weighted by molar-refractivity contribution is 9.10. The van der Waals surface area contributed by atoms with Gasteiger partial charge in [-0.25, -0.2) is 0 Å². The first-order valence-corrected chi connectivity index (χ1v) is 9.41. The molecule has 0 heterocycles. The number of ether oxygens (including phenoxy) is 1. The molecule has 0 aromatic heterocycles. The van der Waals surface area contributed by atoms with Crippen molar-refractivity contribution in [3.05, 3.63) is 75.9 Å². The van der Waals surface area contributed by atoms with Crippen LogP contribution >= 0.6 is 15.9 Å². The number of nitrogens with one attached hydrogen (secondary N) is 2. The van der Waals surface area contributed by atoms with Gasteiger partial charge in [0.15, 0.2) is 0 Å². The zero-order chi connectivity index (χ0) is 19.5. The summed E-state index contributed by atoms with van der Waals surface area (Å²) in [6, 6.07) is 17.6. The van der Waals surface area contributed by atoms with Gasteiger partial charge < -0.3 is 15.4 Å². The molecular formula is C21H22BrN3O2. The minimum absolute atomic E-state index is 0.0665. The van der Waals surface area contributed by atoms with E-state index in [1.807, 2.05) is 54.6 Å². The lowest BCUT2D eigenvalue weighted by Gasteiger charge is -2.07. The molecule has 0 saturated carbocycles. The summed E-state index contributed by atoms with van der Waals surface area (Å²) >= 11 is 3.50. The van der Waals surface area contributed by atoms with Gasteiger partial charge >= 0.3 is 0 Å². The second-order valence-electron chi connectivity index (χ2n) is 5.82. The van der Waals surface area contributed by atoms with Gasteiger partial charge in [-0.15, -0.1) is 0 Å². The number of benzene rings is 2. The highest BCUT2D eigenvalue weighted by atomic mass is 79.9. The molecular weight excluding hydrogens is 406 g/mol. The summed E-state index contributed by atoms with van der Waals surface area (Å²) in [5.41, 5.74) is 2.32. The smallest absolute Gasteiger partial charge is 0.263 e. The molecule has 0 saturated heterocycles. The van der Waals surface area contributed by atoms with E-state index in [0.717, 1.165) is 22.2 Å². The normalized spacial score (nSPS) is 10.8. The molecule has 6 heteroatoms. The number of halogens is 1. The van der Waals surface area contributed by atoms with Crippen molar-refractivity contribution in [1.82, 2.24) is 10.6 Å². The number of hydrogen-bond donors (Lipinski definition) is 2. The van der Waals surface area contributed by atoms with Crippen molar-refractivity contribution in [2.45, 2.75) is 12.8 Å². The first kappa shape index (κ1) is 20.5. The van der Waals surface area contributed by atoms with E-state index in [2.05, 4.69) is 26.6 Å². The van der Waals surface area contributed by atoms with Crippen LogP contribution in [-0.4, -0.2) is 26.1 Å². The van der Waals surface area contributed by atoms with Crippen LogP contribution in [0, 0.1) is 11.3 Å². The highest BCUT2D eigenvalue weighted by Gasteiger charge is 2.08. The van der Waals surface area contributed by atoms with Crippen LogP contribution in [0.15, 0.2) is 64.8 Å². The van der Waals surface area contributed by atoms with Crippen LogP contribution in [0.1, 0.15) is 11.1 Å². The number of carbonyl (C=O) groups is 1. The quantitative estimate of drug-likeness (QED) is 0.365. The monoisotopic (exact) mass is 427 g/mol. The van der Waals surface area contributed by atoms with Crippen molar-refractivity contribution in [2.24, 2.45) is 0 Å². The Bertz CT molecular complexity index is 826. The van der Waals surface area contributed by atoms with Crippen molar-refractivity contribution >= 4 is 21.8 Å². The maximum absolute atomic E-state index is 12.1. The maximum Gasteiger partial charge on any atom is 0.263 e. The van der Waals surface area contributed by atoms with Gasteiger partial charge in [0.2, 0.25) is 0 Å². The van der Waals surface area contributed by atoms with Crippen LogP contribution in [0.5, 0.6) is 5.75 Å². The summed E-state index contributed by atoms with van der Waals surface area (Å²) in [5, 5.41) is 15.0. The third-order valence-electron chi connectivity index (χ3n) is 3.97. The van der Waals surface area contributed by atoms with E-state index in [4.69, 9.17) is 4.74 Å². The zero-order valence-corrected chi connectivity index (χ0v) is 16.8. The molecule has 0 spiro atoms. The first-order chi connectivity index (χ1) is 13.1. The zero-order valence-electron chi connectivity index (χ0n) is 15.2. The number of hydrogen-bond acceptors (Lipinski definition) is 4. The molecule has 0 unspecified atom stereocenters. The van der Waals surface area contributed by atoms with Gasteiger partial charge in [-0.3, -0.25) is 4.79 Å². The van der Waals surface area contributed by atoms with Crippen LogP contribution in [0.4, 0.5) is 0 Å². The standard InChI is InChI=1S/C21H22BrN3O2/c1-27-19-8-6-16(7-9-19)10-13-25-21(26)18(14-23)15-24-12-11-17-4-2-3-5-20(17)22/h2-9,15,24H,10-13H2,1H3,(H,25,26)/b18-15-. The second kappa shape index (κ2) is 11.0. The van der Waals surface area contributed by atoms with E-state index in [1.54, 1.807) is 7.11 Å². The Balaban J connectivity index is 1.76. The minimum Gasteiger partial charge on any atom is -0.497 e. The predicted molar refractivity (Wildman–Crippen MR) is 109 cm³/mol. The highest BCUT2D eigenvalue weighted by Crippen LogP contribution is 2.15. The Morgan fingerprint density at radius 1 is 1.15 bits per heavy atom. The van der Waals surface area contributed by atoms with Gasteiger partial charge in [-0.05, 0) is 42.2 Å². The van der Waals surface area contributed by atoms with Gasteiger partial charge in [0.05, 0.1) is 7.11 Å². The van der Waals surface area contributed by atoms with Crippen molar-refractivity contribution in [3.8, 4) is 11.8 Å². The number of methoxy groups -OCH3 is 1. The molecule has 5 nitrogen and oxygen atoms in total. The Labute approximate surface area is 168 Å². The third-order valence-corrected chi connectivity index (χ3v) is 4.74. The third kappa shape index (κ3) is 6.80. The minimum atomic E-state index is -0.376. The summed E-state index contributed by atoms with van der Waals surface area (Å²) in [4.78, 5) is 12.1. The van der Waals surface area contributed by atoms with Gasteiger partial charge in [-0.2, -0.15) is 5.26 Å². The summed E-state index contributed by atoms with van der Waals surface area (Å²) < 4.78 is 6.17. The molecule has 1 amide bonds. The van der Waals surface area contributed by atoms with E-state index >= 15 is 0 Å². The molecule has 140 valence electrons. The summed E-state index contributed by atoms with van der Waals surface area (Å²) in [7, 11) is 1.62. The van der Waals surface area contributed by atoms with Crippen molar-refractivity contribution in [1.29, 1.82) is 5.26 Å². The van der Waals surface area contributed by atoms with E-state index in [9.17, 15) is 10.1 Å². The van der Waals surface area contributed by atoms with E-state index in [0.29, 0.717) is 19.5 Å². The van der Waals surface area contributed by atoms with Gasteiger partial charge in [0.25, 0.3) is 5.91 Å². The number of amides is 1. The number of rotatable bonds is 9. The molecule has 2 aromatic carbocycles. The van der Waals surface area contributed by atoms with Gasteiger partial charge in [-0.1, -0.05) is 46.3 Å². The van der Waals surface area contributed by atoms with E-state index < -0.39 is 0 Å². The molecule has 0 aliphatic heterocycles. The Morgan fingerprint density at radius 3 is 2.56 bits per heavy atom. The van der Waals surface area contributed by atoms with Gasteiger partial charge in [0, 0.05) is 23.8 Å². The fourth-order valence-electron chi connectivity index (χ4n) is 2.44. The number of nitriles is 1. The Hall–Kier alpha value is -2.78. The maximum atomic E-state index is 12.1. The Morgan fingerprint density at radius 2 is 1.89 bits per heavy atom. The largest absolute Gasteiger partial charge is 0.497 e. The van der Waals surface area contributed by atoms with Crippen LogP contribution < -0.4 is 15.4 Å². The Kier molecular flexibility index (Phi) is 8.40. The van der Waals surface area contributed by atoms with Crippen LogP contribution in [-0.2, 0) is 17.6 Å². The van der Waals surface area contributed by atoms with Crippen LogP contribution in [0.2, 0.25) is 0 Å². The fourth-order valence-corrected chi connectivity index (χ4v) is 2.92. The lowest BCUT2D eigenvalue weighted by Crippen LogP contribution is -2.28. The summed E-state index contributed by atoms with van der Waals surface area (Å²) in [6.07, 6.45) is 2.94. The summed E-state index contributed by atoms with van der Waals surface area (Å²) in [6.45, 7) is 1.09. The molecule has 0 aliphatic rings. The number of nitrogens with zero attached hydrogens (tertiary/aromatic N) is 1. The lowest BCUT2D eigenvalue weighted by molar-refractivity contribution is -0.117. The van der Waals surface area contributed by atoms with Crippen LogP contribution in [0.3, 0.4) is 0 Å².